The van der Waals surface area contributed by atoms with Crippen molar-refractivity contribution >= 4 is 29.2 Å². The van der Waals surface area contributed by atoms with E-state index in [4.69, 9.17) is 16.7 Å². The van der Waals surface area contributed by atoms with Crippen LogP contribution in [0.1, 0.15) is 66.6 Å². The molecule has 3 rings (SSSR count). The van der Waals surface area contributed by atoms with E-state index in [1.54, 1.807) is 12.1 Å². The minimum Gasteiger partial charge on any atom is -0.478 e. The lowest BCUT2D eigenvalue weighted by Gasteiger charge is -2.33. The quantitative estimate of drug-likeness (QED) is 0.604. The number of carbonyl (C=O) groups is 2. The number of hydrogen-bond donors (Lipinski definition) is 2. The first-order valence-corrected chi connectivity index (χ1v) is 11.0. The van der Waals surface area contributed by atoms with Crippen molar-refractivity contribution in [2.75, 3.05) is 18.0 Å². The molecular weight excluding hydrogens is 400 g/mol. The summed E-state index contributed by atoms with van der Waals surface area (Å²) in [6.45, 7) is 4.16. The molecule has 0 spiro atoms. The Kier molecular flexibility index (Phi) is 7.75. The Morgan fingerprint density at radius 2 is 1.80 bits per heavy atom. The second-order valence-electron chi connectivity index (χ2n) is 7.84. The first-order chi connectivity index (χ1) is 14.5. The maximum Gasteiger partial charge on any atom is 0.335 e. The molecule has 0 radical (unpaired) electrons. The van der Waals surface area contributed by atoms with Gasteiger partial charge in [-0.25, -0.2) is 4.79 Å². The number of nitrogens with one attached hydrogen (secondary N) is 1. The smallest absolute Gasteiger partial charge is 0.335 e. The van der Waals surface area contributed by atoms with Crippen LogP contribution >= 0.6 is 11.6 Å². The molecule has 1 aliphatic heterocycles. The Hall–Kier alpha value is -2.53. The lowest BCUT2D eigenvalue weighted by molar-refractivity contribution is -0.121. The van der Waals surface area contributed by atoms with Crippen LogP contribution in [0.5, 0.6) is 0 Å². The molecule has 6 heteroatoms. The fraction of sp³-hybridized carbons (Fsp3) is 0.417. The number of anilines is 1. The topological polar surface area (TPSA) is 69.6 Å². The number of piperidine rings is 1. The second-order valence-corrected chi connectivity index (χ2v) is 8.27. The van der Waals surface area contributed by atoms with Gasteiger partial charge in [0.2, 0.25) is 5.91 Å². The average Bonchev–Trinajstić information content (AvgIpc) is 2.74. The SMILES string of the molecule is CCCC(NC(=O)Cc1ccc(C(=O)O)cc1)c1cc(Cl)ccc1N1CCCCC1. The number of hydrogen-bond acceptors (Lipinski definition) is 3. The third kappa shape index (κ3) is 5.76. The summed E-state index contributed by atoms with van der Waals surface area (Å²) in [6, 6.07) is 12.3. The van der Waals surface area contributed by atoms with E-state index in [-0.39, 0.29) is 23.9 Å². The number of aromatic carboxylic acids is 1. The van der Waals surface area contributed by atoms with E-state index < -0.39 is 5.97 Å². The Bertz CT molecular complexity index is 877. The van der Waals surface area contributed by atoms with Crippen LogP contribution in [0.25, 0.3) is 0 Å². The number of carboxylic acid groups (broad SMARTS) is 1. The predicted octanol–water partition coefficient (Wildman–Crippen LogP) is 5.23. The molecular formula is C24H29ClN2O3. The Morgan fingerprint density at radius 3 is 2.43 bits per heavy atom. The largest absolute Gasteiger partial charge is 0.478 e. The van der Waals surface area contributed by atoms with Crippen LogP contribution < -0.4 is 10.2 Å². The van der Waals surface area contributed by atoms with Crippen LogP contribution in [-0.2, 0) is 11.2 Å². The first kappa shape index (κ1) is 22.2. The summed E-state index contributed by atoms with van der Waals surface area (Å²) >= 11 is 6.33. The van der Waals surface area contributed by atoms with E-state index in [0.29, 0.717) is 5.02 Å². The number of carboxylic acids is 1. The number of carbonyl (C=O) groups excluding carboxylic acids is 1. The zero-order chi connectivity index (χ0) is 21.5. The summed E-state index contributed by atoms with van der Waals surface area (Å²) in [5.74, 6) is -1.05. The molecule has 2 aromatic carbocycles. The molecule has 1 aliphatic rings. The van der Waals surface area contributed by atoms with Gasteiger partial charge in [-0.1, -0.05) is 37.1 Å². The van der Waals surface area contributed by atoms with Crippen molar-refractivity contribution in [3.8, 4) is 0 Å². The van der Waals surface area contributed by atoms with Crippen molar-refractivity contribution in [3.05, 3.63) is 64.2 Å². The standard InChI is InChI=1S/C24H29ClN2O3/c1-2-6-21(26-23(28)15-17-7-9-18(10-8-17)24(29)30)20-16-19(25)11-12-22(20)27-13-4-3-5-14-27/h7-12,16,21H,2-6,13-15H2,1H3,(H,26,28)(H,29,30). The summed E-state index contributed by atoms with van der Waals surface area (Å²) in [4.78, 5) is 26.2. The van der Waals surface area contributed by atoms with Crippen LogP contribution in [-0.4, -0.2) is 30.1 Å². The lowest BCUT2D eigenvalue weighted by Crippen LogP contribution is -2.34. The normalized spacial score (nSPS) is 14.9. The van der Waals surface area contributed by atoms with E-state index >= 15 is 0 Å². The Morgan fingerprint density at radius 1 is 1.10 bits per heavy atom. The van der Waals surface area contributed by atoms with E-state index in [1.165, 1.54) is 31.4 Å². The van der Waals surface area contributed by atoms with Crippen LogP contribution in [0.15, 0.2) is 42.5 Å². The molecule has 1 amide bonds. The monoisotopic (exact) mass is 428 g/mol. The number of nitrogens with zero attached hydrogens (tertiary/aromatic N) is 1. The molecule has 1 atom stereocenters. The third-order valence-corrected chi connectivity index (χ3v) is 5.77. The molecule has 1 saturated heterocycles. The zero-order valence-electron chi connectivity index (χ0n) is 17.4. The predicted molar refractivity (Wildman–Crippen MR) is 120 cm³/mol. The van der Waals surface area contributed by atoms with Crippen LogP contribution in [0.4, 0.5) is 5.69 Å². The molecule has 2 N–H and O–H groups in total. The highest BCUT2D eigenvalue weighted by atomic mass is 35.5. The van der Waals surface area contributed by atoms with Gasteiger partial charge in [0.25, 0.3) is 0 Å². The van der Waals surface area contributed by atoms with Gasteiger partial charge in [0, 0.05) is 23.8 Å². The van der Waals surface area contributed by atoms with Crippen molar-refractivity contribution in [2.24, 2.45) is 0 Å². The maximum atomic E-state index is 12.8. The van der Waals surface area contributed by atoms with Crippen molar-refractivity contribution < 1.29 is 14.7 Å². The number of benzene rings is 2. The molecule has 1 unspecified atom stereocenters. The summed E-state index contributed by atoms with van der Waals surface area (Å²) in [5.41, 5.74) is 3.23. The van der Waals surface area contributed by atoms with Crippen LogP contribution in [0.3, 0.4) is 0 Å². The molecule has 0 aliphatic carbocycles. The van der Waals surface area contributed by atoms with Gasteiger partial charge < -0.3 is 15.3 Å². The van der Waals surface area contributed by atoms with E-state index in [1.807, 2.05) is 12.1 Å². The molecule has 1 heterocycles. The van der Waals surface area contributed by atoms with Crippen molar-refractivity contribution in [1.82, 2.24) is 5.32 Å². The highest BCUT2D eigenvalue weighted by molar-refractivity contribution is 6.30. The van der Waals surface area contributed by atoms with Gasteiger partial charge in [-0.2, -0.15) is 0 Å². The van der Waals surface area contributed by atoms with E-state index in [0.717, 1.165) is 42.7 Å². The molecule has 1 fully saturated rings. The number of halogens is 1. The van der Waals surface area contributed by atoms with Gasteiger partial charge in [0.05, 0.1) is 18.0 Å². The summed E-state index contributed by atoms with van der Waals surface area (Å²) in [7, 11) is 0. The zero-order valence-corrected chi connectivity index (χ0v) is 18.1. The molecule has 30 heavy (non-hydrogen) atoms. The van der Waals surface area contributed by atoms with Crippen molar-refractivity contribution in [3.63, 3.8) is 0 Å². The van der Waals surface area contributed by atoms with Gasteiger partial charge >= 0.3 is 5.97 Å². The van der Waals surface area contributed by atoms with Crippen LogP contribution in [0.2, 0.25) is 5.02 Å². The molecule has 0 aromatic heterocycles. The van der Waals surface area contributed by atoms with Gasteiger partial charge in [-0.05, 0) is 67.1 Å². The van der Waals surface area contributed by atoms with Crippen LogP contribution in [0, 0.1) is 0 Å². The lowest BCUT2D eigenvalue weighted by atomic mass is 9.97. The van der Waals surface area contributed by atoms with E-state index in [9.17, 15) is 9.59 Å². The minimum atomic E-state index is -0.972. The van der Waals surface area contributed by atoms with Gasteiger partial charge in [0.15, 0.2) is 0 Å². The molecule has 160 valence electrons. The molecule has 0 bridgehead atoms. The molecule has 2 aromatic rings. The molecule has 0 saturated carbocycles. The highest BCUT2D eigenvalue weighted by Gasteiger charge is 2.22. The highest BCUT2D eigenvalue weighted by Crippen LogP contribution is 2.33. The van der Waals surface area contributed by atoms with Crippen molar-refractivity contribution in [2.45, 2.75) is 51.5 Å². The minimum absolute atomic E-state index is 0.0823. The summed E-state index contributed by atoms with van der Waals surface area (Å²) in [6.07, 6.45) is 5.59. The fourth-order valence-electron chi connectivity index (χ4n) is 4.02. The van der Waals surface area contributed by atoms with E-state index in [2.05, 4.69) is 23.2 Å². The Labute approximate surface area is 183 Å². The molecule has 5 nitrogen and oxygen atoms in total. The number of rotatable bonds is 8. The summed E-state index contributed by atoms with van der Waals surface area (Å²) in [5, 5.41) is 12.9. The first-order valence-electron chi connectivity index (χ1n) is 10.6. The van der Waals surface area contributed by atoms with Gasteiger partial charge in [-0.15, -0.1) is 0 Å². The fourth-order valence-corrected chi connectivity index (χ4v) is 4.20. The van der Waals surface area contributed by atoms with Crippen molar-refractivity contribution in [1.29, 1.82) is 0 Å². The second kappa shape index (κ2) is 10.5. The average molecular weight is 429 g/mol. The van der Waals surface area contributed by atoms with Gasteiger partial charge in [0.1, 0.15) is 0 Å². The van der Waals surface area contributed by atoms with Gasteiger partial charge in [-0.3, -0.25) is 4.79 Å². The maximum absolute atomic E-state index is 12.8. The third-order valence-electron chi connectivity index (χ3n) is 5.54. The summed E-state index contributed by atoms with van der Waals surface area (Å²) < 4.78 is 0. The number of amides is 1. The Balaban J connectivity index is 1.77.